The highest BCUT2D eigenvalue weighted by atomic mass is 16.7. The van der Waals surface area contributed by atoms with Crippen molar-refractivity contribution in [1.29, 1.82) is 0 Å². The number of aliphatic hydroxyl groups is 1. The molecule has 6 atom stereocenters. The Kier molecular flexibility index (Phi) is 38.6. The largest absolute Gasteiger partial charge is 0.481 e. The number of aliphatic hydroxyl groups excluding tert-OH is 1. The molecule has 7 N–H and O–H groups in total. The topological polar surface area (TPSA) is 290 Å². The van der Waals surface area contributed by atoms with E-state index in [1.54, 1.807) is 24.3 Å². The average molecular weight is 1120 g/mol. The molecule has 2 rings (SSSR count). The van der Waals surface area contributed by atoms with Crippen molar-refractivity contribution in [3.05, 3.63) is 29.8 Å². The van der Waals surface area contributed by atoms with Crippen molar-refractivity contribution < 1.29 is 77.7 Å². The molecule has 450 valence electrons. The molecule has 0 spiro atoms. The van der Waals surface area contributed by atoms with Crippen LogP contribution in [0, 0.1) is 0 Å². The van der Waals surface area contributed by atoms with Gasteiger partial charge in [-0.05, 0) is 43.4 Å². The van der Waals surface area contributed by atoms with E-state index >= 15 is 0 Å². The summed E-state index contributed by atoms with van der Waals surface area (Å²) in [5, 5.41) is 49.0. The second kappa shape index (κ2) is 43.6. The number of carboxylic acids is 3. The molecular formula is C60H99N3O16. The number of hydrogen-bond acceptors (Lipinski definition) is 13. The van der Waals surface area contributed by atoms with Crippen LogP contribution in [0.25, 0.3) is 0 Å². The van der Waals surface area contributed by atoms with Crippen molar-refractivity contribution in [2.45, 2.75) is 288 Å². The first-order valence-corrected chi connectivity index (χ1v) is 30.0. The van der Waals surface area contributed by atoms with Crippen LogP contribution < -0.4 is 16.0 Å². The van der Waals surface area contributed by atoms with Gasteiger partial charge in [0, 0.05) is 31.4 Å². The number of anilines is 1. The molecule has 79 heavy (non-hydrogen) atoms. The highest BCUT2D eigenvalue weighted by Crippen LogP contribution is 2.29. The van der Waals surface area contributed by atoms with Crippen molar-refractivity contribution in [3.63, 3.8) is 0 Å². The van der Waals surface area contributed by atoms with Gasteiger partial charge in [-0.1, -0.05) is 187 Å². The molecule has 1 aromatic rings. The van der Waals surface area contributed by atoms with Gasteiger partial charge in [0.05, 0.1) is 25.4 Å². The first-order chi connectivity index (χ1) is 38.1. The first-order valence-electron chi connectivity index (χ1n) is 30.0. The Morgan fingerprint density at radius 3 is 1.48 bits per heavy atom. The Labute approximate surface area is 470 Å². The van der Waals surface area contributed by atoms with Crippen LogP contribution in [0.5, 0.6) is 0 Å². The second-order valence-corrected chi connectivity index (χ2v) is 21.4. The lowest BCUT2D eigenvalue weighted by molar-refractivity contribution is -0.286. The number of aliphatic carboxylic acids is 3. The summed E-state index contributed by atoms with van der Waals surface area (Å²) in [5.74, 6) is -7.19. The predicted molar refractivity (Wildman–Crippen MR) is 300 cm³/mol. The quantitative estimate of drug-likeness (QED) is 0.0236. The maximum atomic E-state index is 13.8. The highest BCUT2D eigenvalue weighted by Gasteiger charge is 2.50. The van der Waals surface area contributed by atoms with Crippen LogP contribution in [0.2, 0.25) is 0 Å². The Morgan fingerprint density at radius 1 is 0.557 bits per heavy atom. The van der Waals surface area contributed by atoms with Gasteiger partial charge in [0.15, 0.2) is 12.4 Å². The van der Waals surface area contributed by atoms with E-state index in [0.717, 1.165) is 96.3 Å². The predicted octanol–water partition coefficient (Wildman–Crippen LogP) is 10.6. The zero-order chi connectivity index (χ0) is 58.0. The maximum Gasteiger partial charge on any atom is 0.328 e. The summed E-state index contributed by atoms with van der Waals surface area (Å²) in [6.45, 7) is 5.70. The molecule has 19 nitrogen and oxygen atoms in total. The Bertz CT molecular complexity index is 1880. The third-order valence-electron chi connectivity index (χ3n) is 14.2. The van der Waals surface area contributed by atoms with Crippen molar-refractivity contribution in [2.24, 2.45) is 0 Å². The standard InChI is InChI=1S/C60H99N3O16/c1-4-7-10-13-15-17-19-21-23-26-29-32-50(65)63-56-58(79-55(73)33-30-27-24-22-20-18-16-14-11-8-5-2)57(74)48(78-60(56)77-46(41-53(69)70)42-54(71)72)43-76-59(75)47(38-39-52(67)68)62-51(66)40-44-34-36-45(37-35-44)61-49(64)31-28-25-12-9-6-3/h34-37,46-48,56-58,60,74H,4-33,38-43H2,1-3H3,(H,61,64)(H,62,66)(H,63,65)(H,67,68)(H,69,70)(H,71,72)/t47-,48-,56-,57-,58-,60+/m1/s1. The Balaban J connectivity index is 2.29. The van der Waals surface area contributed by atoms with Crippen LogP contribution in [0.4, 0.5) is 5.69 Å². The van der Waals surface area contributed by atoms with Crippen molar-refractivity contribution in [2.75, 3.05) is 11.9 Å². The molecule has 1 heterocycles. The Hall–Kier alpha value is -5.14. The van der Waals surface area contributed by atoms with Crippen LogP contribution in [0.1, 0.15) is 245 Å². The van der Waals surface area contributed by atoms with Crippen molar-refractivity contribution in [1.82, 2.24) is 10.6 Å². The van der Waals surface area contributed by atoms with E-state index in [2.05, 4.69) is 36.7 Å². The molecule has 0 aromatic heterocycles. The van der Waals surface area contributed by atoms with Gasteiger partial charge in [-0.2, -0.15) is 0 Å². The van der Waals surface area contributed by atoms with E-state index < -0.39 is 110 Å². The third kappa shape index (κ3) is 33.9. The lowest BCUT2D eigenvalue weighted by Crippen LogP contribution is -2.66. The van der Waals surface area contributed by atoms with E-state index in [4.69, 9.17) is 18.9 Å². The first kappa shape index (κ1) is 70.0. The van der Waals surface area contributed by atoms with Crippen LogP contribution in [-0.2, 0) is 63.7 Å². The molecule has 3 amide bonds. The summed E-state index contributed by atoms with van der Waals surface area (Å²) in [7, 11) is 0. The number of hydrogen-bond donors (Lipinski definition) is 7. The summed E-state index contributed by atoms with van der Waals surface area (Å²) in [5.41, 5.74) is 1.07. The fraction of sp³-hybridized carbons (Fsp3) is 0.767. The van der Waals surface area contributed by atoms with E-state index in [-0.39, 0.29) is 31.6 Å². The minimum atomic E-state index is -1.82. The van der Waals surface area contributed by atoms with Gasteiger partial charge >= 0.3 is 29.8 Å². The molecule has 1 saturated heterocycles. The fourth-order valence-electron chi connectivity index (χ4n) is 9.59. The molecule has 0 bridgehead atoms. The van der Waals surface area contributed by atoms with Crippen LogP contribution >= 0.6 is 0 Å². The van der Waals surface area contributed by atoms with Crippen LogP contribution in [-0.4, -0.2) is 117 Å². The number of carbonyl (C=O) groups excluding carboxylic acids is 5. The lowest BCUT2D eigenvalue weighted by atomic mass is 9.95. The monoisotopic (exact) mass is 1120 g/mol. The highest BCUT2D eigenvalue weighted by molar-refractivity contribution is 5.91. The fourth-order valence-corrected chi connectivity index (χ4v) is 9.59. The van der Waals surface area contributed by atoms with Gasteiger partial charge in [-0.3, -0.25) is 33.6 Å². The van der Waals surface area contributed by atoms with Crippen molar-refractivity contribution >= 4 is 53.3 Å². The number of nitrogens with one attached hydrogen (secondary N) is 3. The van der Waals surface area contributed by atoms with Gasteiger partial charge in [0.2, 0.25) is 17.7 Å². The normalized spacial score (nSPS) is 17.4. The maximum absolute atomic E-state index is 13.8. The molecular weight excluding hydrogens is 1020 g/mol. The van der Waals surface area contributed by atoms with Gasteiger partial charge in [-0.25, -0.2) is 4.79 Å². The molecule has 0 radical (unpaired) electrons. The lowest BCUT2D eigenvalue weighted by Gasteiger charge is -2.44. The zero-order valence-corrected chi connectivity index (χ0v) is 48.0. The molecule has 1 fully saturated rings. The van der Waals surface area contributed by atoms with E-state index in [0.29, 0.717) is 30.5 Å². The van der Waals surface area contributed by atoms with Crippen LogP contribution in [0.3, 0.4) is 0 Å². The van der Waals surface area contributed by atoms with E-state index in [9.17, 15) is 58.8 Å². The number of benzene rings is 1. The average Bonchev–Trinajstić information content (AvgIpc) is 3.41. The molecule has 0 unspecified atom stereocenters. The minimum absolute atomic E-state index is 0.0384. The molecule has 0 saturated carbocycles. The van der Waals surface area contributed by atoms with Crippen molar-refractivity contribution in [3.8, 4) is 0 Å². The van der Waals surface area contributed by atoms with Gasteiger partial charge < -0.3 is 55.3 Å². The number of carbonyl (C=O) groups is 8. The summed E-state index contributed by atoms with van der Waals surface area (Å²) >= 11 is 0. The van der Waals surface area contributed by atoms with E-state index in [1.165, 1.54) is 64.2 Å². The zero-order valence-electron chi connectivity index (χ0n) is 48.0. The molecule has 0 aliphatic carbocycles. The van der Waals surface area contributed by atoms with Gasteiger partial charge in [0.25, 0.3) is 0 Å². The summed E-state index contributed by atoms with van der Waals surface area (Å²) in [6, 6.07) is 3.57. The second-order valence-electron chi connectivity index (χ2n) is 21.4. The Morgan fingerprint density at radius 2 is 1.01 bits per heavy atom. The number of carboxylic acid groups (broad SMARTS) is 3. The third-order valence-corrected chi connectivity index (χ3v) is 14.2. The number of esters is 2. The number of amides is 3. The summed E-state index contributed by atoms with van der Waals surface area (Å²) < 4.78 is 23.6. The minimum Gasteiger partial charge on any atom is -0.481 e. The van der Waals surface area contributed by atoms with Crippen LogP contribution in [0.15, 0.2) is 24.3 Å². The SMILES string of the molecule is CCCCCCCCCCCCCC(=O)N[C@H]1[C@@H](OC(CC(=O)O)CC(=O)O)O[C@H](COC(=O)[C@@H](CCC(=O)O)NC(=O)Cc2ccc(NC(=O)CCCCCCC)cc2)[C@@H](O)[C@@H]1OC(=O)CCCCCCCCCCCCC. The molecule has 1 aliphatic heterocycles. The molecule has 1 aliphatic rings. The number of rotatable bonds is 48. The summed E-state index contributed by atoms with van der Waals surface area (Å²) in [4.78, 5) is 102. The van der Waals surface area contributed by atoms with Gasteiger partial charge in [0.1, 0.15) is 30.9 Å². The molecule has 1 aromatic carbocycles. The number of ether oxygens (including phenoxy) is 4. The molecule has 19 heteroatoms. The van der Waals surface area contributed by atoms with Gasteiger partial charge in [-0.15, -0.1) is 0 Å². The smallest absolute Gasteiger partial charge is 0.328 e. The van der Waals surface area contributed by atoms with E-state index in [1.807, 2.05) is 0 Å². The number of unbranched alkanes of at least 4 members (excludes halogenated alkanes) is 24. The summed E-state index contributed by atoms with van der Waals surface area (Å²) in [6.07, 6.45) is 17.3.